The highest BCUT2D eigenvalue weighted by Gasteiger charge is 2.11. The number of rotatable bonds is 7. The number of nitrogens with one attached hydrogen (secondary N) is 1. The number of ether oxygens (including phenoxy) is 2. The van der Waals surface area contributed by atoms with Crippen LogP contribution in [0.5, 0.6) is 11.5 Å². The van der Waals surface area contributed by atoms with Crippen LogP contribution in [0.15, 0.2) is 66.8 Å². The van der Waals surface area contributed by atoms with E-state index in [4.69, 9.17) is 9.47 Å². The van der Waals surface area contributed by atoms with Crippen molar-refractivity contribution in [1.82, 2.24) is 5.32 Å². The number of carbonyl (C=O) groups excluding carboxylic acids is 1. The van der Waals surface area contributed by atoms with E-state index in [1.807, 2.05) is 48.6 Å². The molecular formula is C21H21NO3. The molecule has 25 heavy (non-hydrogen) atoms. The van der Waals surface area contributed by atoms with Gasteiger partial charge in [-0.3, -0.25) is 4.79 Å². The summed E-state index contributed by atoms with van der Waals surface area (Å²) in [4.78, 5) is 11.8. The predicted octanol–water partition coefficient (Wildman–Crippen LogP) is 3.73. The second-order valence-electron chi connectivity index (χ2n) is 5.71. The molecule has 0 aliphatic carbocycles. The number of allylic oxidation sites excluding steroid dienone is 2. The van der Waals surface area contributed by atoms with Crippen molar-refractivity contribution in [2.24, 2.45) is 0 Å². The second-order valence-corrected chi connectivity index (χ2v) is 5.71. The summed E-state index contributed by atoms with van der Waals surface area (Å²) in [6.07, 6.45) is 8.91. The van der Waals surface area contributed by atoms with E-state index >= 15 is 0 Å². The average molecular weight is 335 g/mol. The molecule has 1 aliphatic heterocycles. The third kappa shape index (κ3) is 5.24. The minimum absolute atomic E-state index is 0.0802. The van der Waals surface area contributed by atoms with Gasteiger partial charge < -0.3 is 14.8 Å². The van der Waals surface area contributed by atoms with Crippen molar-refractivity contribution in [3.05, 3.63) is 77.9 Å². The largest absolute Gasteiger partial charge is 0.454 e. The van der Waals surface area contributed by atoms with E-state index < -0.39 is 0 Å². The van der Waals surface area contributed by atoms with Crippen molar-refractivity contribution in [3.8, 4) is 11.5 Å². The lowest BCUT2D eigenvalue weighted by atomic mass is 10.1. The quantitative estimate of drug-likeness (QED) is 0.476. The molecule has 2 aromatic carbocycles. The molecule has 0 bridgehead atoms. The van der Waals surface area contributed by atoms with Crippen molar-refractivity contribution in [3.63, 3.8) is 0 Å². The number of hydrogen-bond acceptors (Lipinski definition) is 3. The Kier molecular flexibility index (Phi) is 5.88. The molecule has 0 fully saturated rings. The summed E-state index contributed by atoms with van der Waals surface area (Å²) in [6, 6.07) is 16.0. The third-order valence-corrected chi connectivity index (χ3v) is 3.83. The highest BCUT2D eigenvalue weighted by Crippen LogP contribution is 2.32. The van der Waals surface area contributed by atoms with Crippen LogP contribution in [0.2, 0.25) is 0 Å². The van der Waals surface area contributed by atoms with Gasteiger partial charge in [-0.15, -0.1) is 0 Å². The first-order chi connectivity index (χ1) is 12.3. The van der Waals surface area contributed by atoms with E-state index in [2.05, 4.69) is 17.4 Å². The fourth-order valence-corrected chi connectivity index (χ4v) is 2.53. The van der Waals surface area contributed by atoms with Crippen LogP contribution in [0.25, 0.3) is 6.08 Å². The smallest absolute Gasteiger partial charge is 0.243 e. The molecule has 0 radical (unpaired) electrons. The van der Waals surface area contributed by atoms with Crippen molar-refractivity contribution in [2.75, 3.05) is 13.3 Å². The Labute approximate surface area is 147 Å². The normalized spacial score (nSPS) is 12.8. The van der Waals surface area contributed by atoms with Gasteiger partial charge in [0.25, 0.3) is 0 Å². The van der Waals surface area contributed by atoms with Crippen LogP contribution in [0, 0.1) is 0 Å². The molecule has 1 aliphatic rings. The standard InChI is InChI=1S/C21H21NO3/c23-21(22-14-6-10-17-7-2-1-3-8-17)11-5-4-9-18-12-13-19-20(15-18)25-16-24-19/h1-5,7-9,11-13,15H,6,10,14,16H2,(H,22,23)/b9-4+,11-5+. The summed E-state index contributed by atoms with van der Waals surface area (Å²) in [7, 11) is 0. The number of aryl methyl sites for hydroxylation is 1. The lowest BCUT2D eigenvalue weighted by Crippen LogP contribution is -2.22. The first-order valence-corrected chi connectivity index (χ1v) is 8.37. The SMILES string of the molecule is O=C(/C=C/C=C/c1ccc2c(c1)OCO2)NCCCc1ccccc1. The van der Waals surface area contributed by atoms with Crippen LogP contribution < -0.4 is 14.8 Å². The van der Waals surface area contributed by atoms with E-state index in [0.29, 0.717) is 6.54 Å². The van der Waals surface area contributed by atoms with Gasteiger partial charge in [0.05, 0.1) is 0 Å². The maximum Gasteiger partial charge on any atom is 0.243 e. The minimum Gasteiger partial charge on any atom is -0.454 e. The highest BCUT2D eigenvalue weighted by atomic mass is 16.7. The molecule has 0 spiro atoms. The molecule has 3 rings (SSSR count). The van der Waals surface area contributed by atoms with Gasteiger partial charge in [0, 0.05) is 12.6 Å². The summed E-state index contributed by atoms with van der Waals surface area (Å²) >= 11 is 0. The lowest BCUT2D eigenvalue weighted by Gasteiger charge is -2.02. The van der Waals surface area contributed by atoms with Gasteiger partial charge in [0.15, 0.2) is 11.5 Å². The van der Waals surface area contributed by atoms with Crippen molar-refractivity contribution in [2.45, 2.75) is 12.8 Å². The summed E-state index contributed by atoms with van der Waals surface area (Å²) < 4.78 is 10.6. The molecule has 0 atom stereocenters. The van der Waals surface area contributed by atoms with Gasteiger partial charge in [-0.05, 0) is 36.1 Å². The van der Waals surface area contributed by atoms with Gasteiger partial charge in [0.2, 0.25) is 12.7 Å². The summed E-state index contributed by atoms with van der Waals surface area (Å²) in [5.41, 5.74) is 2.29. The Morgan fingerprint density at radius 3 is 2.76 bits per heavy atom. The van der Waals surface area contributed by atoms with Gasteiger partial charge in [-0.25, -0.2) is 0 Å². The maximum atomic E-state index is 11.8. The number of hydrogen-bond donors (Lipinski definition) is 1. The van der Waals surface area contributed by atoms with Gasteiger partial charge >= 0.3 is 0 Å². The molecule has 1 heterocycles. The van der Waals surface area contributed by atoms with Crippen LogP contribution in [0.3, 0.4) is 0 Å². The molecule has 1 amide bonds. The van der Waals surface area contributed by atoms with Gasteiger partial charge in [0.1, 0.15) is 0 Å². The molecule has 1 N–H and O–H groups in total. The fourth-order valence-electron chi connectivity index (χ4n) is 2.53. The fraction of sp³-hybridized carbons (Fsp3) is 0.190. The topological polar surface area (TPSA) is 47.6 Å². The number of carbonyl (C=O) groups is 1. The number of benzene rings is 2. The van der Waals surface area contributed by atoms with Gasteiger partial charge in [-0.1, -0.05) is 54.6 Å². The predicted molar refractivity (Wildman–Crippen MR) is 98.5 cm³/mol. The Hall–Kier alpha value is -3.01. The zero-order valence-corrected chi connectivity index (χ0v) is 14.0. The average Bonchev–Trinajstić information content (AvgIpc) is 3.11. The first-order valence-electron chi connectivity index (χ1n) is 8.37. The van der Waals surface area contributed by atoms with Crippen molar-refractivity contribution >= 4 is 12.0 Å². The molecule has 4 nitrogen and oxygen atoms in total. The zero-order chi connectivity index (χ0) is 17.3. The number of fused-ring (bicyclic) bond motifs is 1. The van der Waals surface area contributed by atoms with Crippen LogP contribution in [-0.2, 0) is 11.2 Å². The Balaban J connectivity index is 1.37. The van der Waals surface area contributed by atoms with E-state index in [1.165, 1.54) is 11.6 Å². The highest BCUT2D eigenvalue weighted by molar-refractivity contribution is 5.87. The van der Waals surface area contributed by atoms with Crippen molar-refractivity contribution in [1.29, 1.82) is 0 Å². The van der Waals surface area contributed by atoms with Crippen LogP contribution in [0.4, 0.5) is 0 Å². The minimum atomic E-state index is -0.0802. The molecular weight excluding hydrogens is 314 g/mol. The third-order valence-electron chi connectivity index (χ3n) is 3.83. The second kappa shape index (κ2) is 8.73. The van der Waals surface area contributed by atoms with E-state index in [9.17, 15) is 4.79 Å². The molecule has 2 aromatic rings. The molecule has 0 aromatic heterocycles. The summed E-state index contributed by atoms with van der Waals surface area (Å²) in [5.74, 6) is 1.44. The summed E-state index contributed by atoms with van der Waals surface area (Å²) in [6.45, 7) is 0.941. The molecule has 4 heteroatoms. The van der Waals surface area contributed by atoms with Crippen LogP contribution in [0.1, 0.15) is 17.5 Å². The van der Waals surface area contributed by atoms with Crippen LogP contribution in [-0.4, -0.2) is 19.2 Å². The Morgan fingerprint density at radius 1 is 1.04 bits per heavy atom. The molecule has 0 unspecified atom stereocenters. The maximum absolute atomic E-state index is 11.8. The van der Waals surface area contributed by atoms with E-state index in [-0.39, 0.29) is 12.7 Å². The van der Waals surface area contributed by atoms with E-state index in [0.717, 1.165) is 29.9 Å². The van der Waals surface area contributed by atoms with E-state index in [1.54, 1.807) is 6.08 Å². The van der Waals surface area contributed by atoms with Gasteiger partial charge in [-0.2, -0.15) is 0 Å². The monoisotopic (exact) mass is 335 g/mol. The molecule has 0 saturated heterocycles. The Bertz CT molecular complexity index is 766. The lowest BCUT2D eigenvalue weighted by molar-refractivity contribution is -0.116. The zero-order valence-electron chi connectivity index (χ0n) is 14.0. The first kappa shape index (κ1) is 16.8. The summed E-state index contributed by atoms with van der Waals surface area (Å²) in [5, 5.41) is 2.89. The Morgan fingerprint density at radius 2 is 1.88 bits per heavy atom. The van der Waals surface area contributed by atoms with Crippen molar-refractivity contribution < 1.29 is 14.3 Å². The molecule has 128 valence electrons. The van der Waals surface area contributed by atoms with Crippen LogP contribution >= 0.6 is 0 Å². The number of amides is 1. The molecule has 0 saturated carbocycles.